The molecule has 1 unspecified atom stereocenters. The summed E-state index contributed by atoms with van der Waals surface area (Å²) < 4.78 is 0. The first-order valence-electron chi connectivity index (χ1n) is 4.52. The molecule has 0 aromatic rings. The summed E-state index contributed by atoms with van der Waals surface area (Å²) >= 11 is 0. The number of aliphatic hydroxyl groups is 1. The Morgan fingerprint density at radius 3 is 2.73 bits per heavy atom. The van der Waals surface area contributed by atoms with E-state index in [0.717, 1.165) is 25.7 Å². The zero-order chi connectivity index (χ0) is 8.32. The van der Waals surface area contributed by atoms with Gasteiger partial charge in [0, 0.05) is 0 Å². The topological polar surface area (TPSA) is 20.2 Å². The predicted octanol–water partition coefficient (Wildman–Crippen LogP) is 2.50. The van der Waals surface area contributed by atoms with Crippen LogP contribution in [0.2, 0.25) is 0 Å². The lowest BCUT2D eigenvalue weighted by Gasteiger charge is -2.30. The number of hydrogen-bond acceptors (Lipinski definition) is 1. The smallest absolute Gasteiger partial charge is 0.0704 e. The highest BCUT2D eigenvalue weighted by molar-refractivity contribution is 4.96. The quantitative estimate of drug-likeness (QED) is 0.575. The molecule has 64 valence electrons. The van der Waals surface area contributed by atoms with Crippen molar-refractivity contribution in [3.8, 4) is 0 Å². The second-order valence-corrected chi connectivity index (χ2v) is 3.83. The van der Waals surface area contributed by atoms with Crippen LogP contribution >= 0.6 is 0 Å². The Labute approximate surface area is 69.1 Å². The molecule has 0 aromatic heterocycles. The van der Waals surface area contributed by atoms with E-state index in [0.29, 0.717) is 5.92 Å². The van der Waals surface area contributed by atoms with E-state index >= 15 is 0 Å². The minimum atomic E-state index is -0.424. The monoisotopic (exact) mass is 154 g/mol. The first kappa shape index (κ1) is 8.79. The average molecular weight is 154 g/mol. The third-order valence-electron chi connectivity index (χ3n) is 2.69. The normalized spacial score (nSPS) is 32.4. The molecule has 0 aliphatic heterocycles. The van der Waals surface area contributed by atoms with E-state index in [1.165, 1.54) is 0 Å². The second-order valence-electron chi connectivity index (χ2n) is 3.83. The van der Waals surface area contributed by atoms with Gasteiger partial charge in [0.05, 0.1) is 5.60 Å². The lowest BCUT2D eigenvalue weighted by Crippen LogP contribution is -2.33. The Balaban J connectivity index is 2.60. The van der Waals surface area contributed by atoms with Crippen molar-refractivity contribution in [3.63, 3.8) is 0 Å². The third kappa shape index (κ3) is 2.06. The van der Waals surface area contributed by atoms with Gasteiger partial charge in [0.2, 0.25) is 0 Å². The van der Waals surface area contributed by atoms with Crippen molar-refractivity contribution < 1.29 is 5.11 Å². The van der Waals surface area contributed by atoms with E-state index in [1.54, 1.807) is 0 Å². The van der Waals surface area contributed by atoms with Gasteiger partial charge >= 0.3 is 0 Å². The summed E-state index contributed by atoms with van der Waals surface area (Å²) in [7, 11) is 0. The summed E-state index contributed by atoms with van der Waals surface area (Å²) in [6, 6.07) is 0. The SMILES string of the molecule is CC(C)C1(O)CC=CCCC1. The van der Waals surface area contributed by atoms with Crippen molar-refractivity contribution in [2.75, 3.05) is 0 Å². The highest BCUT2D eigenvalue weighted by atomic mass is 16.3. The Morgan fingerprint density at radius 1 is 1.36 bits per heavy atom. The minimum Gasteiger partial charge on any atom is -0.389 e. The first-order chi connectivity index (χ1) is 5.15. The molecule has 0 saturated carbocycles. The van der Waals surface area contributed by atoms with E-state index < -0.39 is 5.60 Å². The van der Waals surface area contributed by atoms with Crippen LogP contribution in [0.1, 0.15) is 39.5 Å². The maximum Gasteiger partial charge on any atom is 0.0704 e. The van der Waals surface area contributed by atoms with E-state index in [-0.39, 0.29) is 0 Å². The number of allylic oxidation sites excluding steroid dienone is 1. The Kier molecular flexibility index (Phi) is 2.72. The molecule has 1 aliphatic carbocycles. The van der Waals surface area contributed by atoms with Crippen LogP contribution in [-0.2, 0) is 0 Å². The van der Waals surface area contributed by atoms with E-state index in [1.807, 2.05) is 0 Å². The van der Waals surface area contributed by atoms with Crippen LogP contribution < -0.4 is 0 Å². The molecule has 1 nitrogen and oxygen atoms in total. The Bertz CT molecular complexity index is 149. The lowest BCUT2D eigenvalue weighted by atomic mass is 9.84. The molecule has 0 heterocycles. The fourth-order valence-corrected chi connectivity index (χ4v) is 1.56. The zero-order valence-electron chi connectivity index (χ0n) is 7.51. The van der Waals surface area contributed by atoms with Crippen molar-refractivity contribution in [2.24, 2.45) is 5.92 Å². The summed E-state index contributed by atoms with van der Waals surface area (Å²) in [5.41, 5.74) is -0.424. The zero-order valence-corrected chi connectivity index (χ0v) is 7.51. The number of rotatable bonds is 1. The standard InChI is InChI=1S/C10H18O/c1-9(2)10(11)7-5-3-4-6-8-10/h3,5,9,11H,4,6-8H2,1-2H3. The van der Waals surface area contributed by atoms with Gasteiger partial charge in [0.1, 0.15) is 0 Å². The number of hydrogen-bond donors (Lipinski definition) is 1. The summed E-state index contributed by atoms with van der Waals surface area (Å²) in [6.07, 6.45) is 8.36. The van der Waals surface area contributed by atoms with Gasteiger partial charge in [0.15, 0.2) is 0 Å². The van der Waals surface area contributed by atoms with Crippen LogP contribution in [0.4, 0.5) is 0 Å². The van der Waals surface area contributed by atoms with Gasteiger partial charge in [0.25, 0.3) is 0 Å². The molecule has 1 atom stereocenters. The third-order valence-corrected chi connectivity index (χ3v) is 2.69. The van der Waals surface area contributed by atoms with Gasteiger partial charge in [-0.3, -0.25) is 0 Å². The van der Waals surface area contributed by atoms with Crippen LogP contribution in [0.25, 0.3) is 0 Å². The van der Waals surface area contributed by atoms with Crippen molar-refractivity contribution in [3.05, 3.63) is 12.2 Å². The van der Waals surface area contributed by atoms with Gasteiger partial charge in [-0.05, 0) is 31.6 Å². The minimum absolute atomic E-state index is 0.380. The molecule has 0 amide bonds. The van der Waals surface area contributed by atoms with Gasteiger partial charge in [-0.2, -0.15) is 0 Å². The Morgan fingerprint density at radius 2 is 2.09 bits per heavy atom. The molecule has 1 heteroatoms. The van der Waals surface area contributed by atoms with Crippen LogP contribution in [0.5, 0.6) is 0 Å². The largest absolute Gasteiger partial charge is 0.389 e. The van der Waals surface area contributed by atoms with Gasteiger partial charge < -0.3 is 5.11 Å². The van der Waals surface area contributed by atoms with Crippen LogP contribution in [0.3, 0.4) is 0 Å². The summed E-state index contributed by atoms with van der Waals surface area (Å²) in [5.74, 6) is 0.380. The van der Waals surface area contributed by atoms with E-state index in [4.69, 9.17) is 0 Å². The highest BCUT2D eigenvalue weighted by Crippen LogP contribution is 2.29. The van der Waals surface area contributed by atoms with Crippen LogP contribution in [-0.4, -0.2) is 10.7 Å². The maximum absolute atomic E-state index is 10.1. The fraction of sp³-hybridized carbons (Fsp3) is 0.800. The van der Waals surface area contributed by atoms with Crippen LogP contribution in [0.15, 0.2) is 12.2 Å². The van der Waals surface area contributed by atoms with Gasteiger partial charge in [-0.25, -0.2) is 0 Å². The maximum atomic E-state index is 10.1. The predicted molar refractivity (Wildman–Crippen MR) is 47.4 cm³/mol. The second kappa shape index (κ2) is 3.40. The Hall–Kier alpha value is -0.300. The van der Waals surface area contributed by atoms with Gasteiger partial charge in [-0.1, -0.05) is 26.0 Å². The molecule has 0 radical (unpaired) electrons. The van der Waals surface area contributed by atoms with Crippen molar-refractivity contribution in [2.45, 2.75) is 45.1 Å². The molecule has 0 saturated heterocycles. The van der Waals surface area contributed by atoms with E-state index in [2.05, 4.69) is 26.0 Å². The summed E-state index contributed by atoms with van der Waals surface area (Å²) in [5, 5.41) is 10.1. The molecule has 11 heavy (non-hydrogen) atoms. The summed E-state index contributed by atoms with van der Waals surface area (Å²) in [4.78, 5) is 0. The average Bonchev–Trinajstić information content (AvgIpc) is 2.15. The molecular weight excluding hydrogens is 136 g/mol. The highest BCUT2D eigenvalue weighted by Gasteiger charge is 2.29. The van der Waals surface area contributed by atoms with Crippen molar-refractivity contribution in [1.82, 2.24) is 0 Å². The lowest BCUT2D eigenvalue weighted by molar-refractivity contribution is -0.0101. The molecule has 1 aliphatic rings. The molecular formula is C10H18O. The molecule has 0 bridgehead atoms. The summed E-state index contributed by atoms with van der Waals surface area (Å²) in [6.45, 7) is 4.19. The molecule has 0 spiro atoms. The van der Waals surface area contributed by atoms with Crippen molar-refractivity contribution >= 4 is 0 Å². The fourth-order valence-electron chi connectivity index (χ4n) is 1.56. The van der Waals surface area contributed by atoms with Gasteiger partial charge in [-0.15, -0.1) is 0 Å². The first-order valence-corrected chi connectivity index (χ1v) is 4.52. The molecule has 1 rings (SSSR count). The molecule has 0 aromatic carbocycles. The molecule has 1 N–H and O–H groups in total. The van der Waals surface area contributed by atoms with Crippen molar-refractivity contribution in [1.29, 1.82) is 0 Å². The van der Waals surface area contributed by atoms with E-state index in [9.17, 15) is 5.11 Å². The van der Waals surface area contributed by atoms with Crippen LogP contribution in [0, 0.1) is 5.92 Å². The molecule has 0 fully saturated rings.